The molecule has 0 bridgehead atoms. The average molecular weight is 220 g/mol. The van der Waals surface area contributed by atoms with E-state index in [-0.39, 0.29) is 0 Å². The van der Waals surface area contributed by atoms with Gasteiger partial charge in [-0.05, 0) is 19.1 Å². The van der Waals surface area contributed by atoms with Gasteiger partial charge in [-0.2, -0.15) is 5.10 Å². The lowest BCUT2D eigenvalue weighted by atomic mass is 10.1. The number of nitrogens with one attached hydrogen (secondary N) is 1. The molecule has 4 nitrogen and oxygen atoms in total. The molecule has 1 N–H and O–H groups in total. The minimum Gasteiger partial charge on any atom is -0.382 e. The summed E-state index contributed by atoms with van der Waals surface area (Å²) in [5.74, 6) is 0. The van der Waals surface area contributed by atoms with Crippen LogP contribution in [0.4, 0.5) is 5.69 Å². The summed E-state index contributed by atoms with van der Waals surface area (Å²) in [6.07, 6.45) is 6.19. The van der Waals surface area contributed by atoms with Crippen LogP contribution in [-0.4, -0.2) is 27.4 Å². The molecular weight excluding hydrogens is 208 g/mol. The highest BCUT2D eigenvalue weighted by molar-refractivity contribution is 7.98. The third kappa shape index (κ3) is 1.38. The molecule has 0 aromatic carbocycles. The second-order valence-corrected chi connectivity index (χ2v) is 4.43. The van der Waals surface area contributed by atoms with Crippen molar-refractivity contribution in [3.05, 3.63) is 18.0 Å². The quantitative estimate of drug-likeness (QED) is 0.744. The molecule has 0 saturated heterocycles. The molecule has 1 aliphatic rings. The number of rotatable bonds is 1. The van der Waals surface area contributed by atoms with Crippen LogP contribution in [0, 0.1) is 0 Å². The molecule has 0 saturated carbocycles. The number of thioether (sulfide) groups is 1. The van der Waals surface area contributed by atoms with E-state index in [1.165, 1.54) is 12.1 Å². The Morgan fingerprint density at radius 3 is 3.33 bits per heavy atom. The number of nitrogens with zero attached hydrogens (tertiary/aromatic N) is 3. The Kier molecular flexibility index (Phi) is 2.05. The van der Waals surface area contributed by atoms with Crippen molar-refractivity contribution in [2.24, 2.45) is 0 Å². The van der Waals surface area contributed by atoms with Gasteiger partial charge in [-0.3, -0.25) is 0 Å². The fourth-order valence-corrected chi connectivity index (χ4v) is 2.31. The molecule has 3 heterocycles. The lowest BCUT2D eigenvalue weighted by molar-refractivity contribution is 0.736. The van der Waals surface area contributed by atoms with Gasteiger partial charge in [-0.15, -0.1) is 11.8 Å². The summed E-state index contributed by atoms with van der Waals surface area (Å²) in [6.45, 7) is 1.04. The van der Waals surface area contributed by atoms with E-state index >= 15 is 0 Å². The number of aromatic nitrogens is 3. The van der Waals surface area contributed by atoms with Crippen molar-refractivity contribution in [2.45, 2.75) is 17.9 Å². The number of fused-ring (bicyclic) bond motifs is 3. The molecule has 2 aromatic heterocycles. The smallest absolute Gasteiger partial charge is 0.156 e. The van der Waals surface area contributed by atoms with Gasteiger partial charge in [0.2, 0.25) is 0 Å². The SMILES string of the molecule is CSc1cc2ncc3c(n2n1)CCCN3. The summed E-state index contributed by atoms with van der Waals surface area (Å²) in [6, 6.07) is 2.03. The van der Waals surface area contributed by atoms with Crippen molar-refractivity contribution in [2.75, 3.05) is 18.1 Å². The Balaban J connectivity index is 2.25. The van der Waals surface area contributed by atoms with Crippen LogP contribution in [0.2, 0.25) is 0 Å². The highest BCUT2D eigenvalue weighted by Gasteiger charge is 2.14. The van der Waals surface area contributed by atoms with Crippen LogP contribution in [0.1, 0.15) is 12.1 Å². The number of anilines is 1. The van der Waals surface area contributed by atoms with Crippen LogP contribution in [0.5, 0.6) is 0 Å². The van der Waals surface area contributed by atoms with Gasteiger partial charge >= 0.3 is 0 Å². The van der Waals surface area contributed by atoms with E-state index in [4.69, 9.17) is 0 Å². The zero-order chi connectivity index (χ0) is 10.3. The fraction of sp³-hybridized carbons (Fsp3) is 0.400. The van der Waals surface area contributed by atoms with E-state index in [2.05, 4.69) is 15.4 Å². The molecule has 3 rings (SSSR count). The number of hydrogen-bond donors (Lipinski definition) is 1. The van der Waals surface area contributed by atoms with Gasteiger partial charge in [-0.25, -0.2) is 9.50 Å². The minimum absolute atomic E-state index is 0.946. The Morgan fingerprint density at radius 1 is 1.53 bits per heavy atom. The van der Waals surface area contributed by atoms with Crippen molar-refractivity contribution in [3.63, 3.8) is 0 Å². The van der Waals surface area contributed by atoms with Gasteiger partial charge in [0.25, 0.3) is 0 Å². The lowest BCUT2D eigenvalue weighted by Gasteiger charge is -2.17. The van der Waals surface area contributed by atoms with Gasteiger partial charge in [0.05, 0.1) is 17.6 Å². The molecule has 15 heavy (non-hydrogen) atoms. The first-order valence-electron chi connectivity index (χ1n) is 5.04. The van der Waals surface area contributed by atoms with Crippen molar-refractivity contribution >= 4 is 23.1 Å². The Hall–Kier alpha value is -1.23. The van der Waals surface area contributed by atoms with Gasteiger partial charge in [0, 0.05) is 12.6 Å². The monoisotopic (exact) mass is 220 g/mol. The van der Waals surface area contributed by atoms with Crippen LogP contribution in [-0.2, 0) is 6.42 Å². The van der Waals surface area contributed by atoms with E-state index in [0.717, 1.165) is 29.3 Å². The Bertz CT molecular complexity index is 505. The molecule has 5 heteroatoms. The largest absolute Gasteiger partial charge is 0.382 e. The van der Waals surface area contributed by atoms with Crippen LogP contribution in [0.3, 0.4) is 0 Å². The zero-order valence-electron chi connectivity index (χ0n) is 8.53. The minimum atomic E-state index is 0.946. The maximum Gasteiger partial charge on any atom is 0.156 e. The second kappa shape index (κ2) is 3.41. The Morgan fingerprint density at radius 2 is 2.47 bits per heavy atom. The second-order valence-electron chi connectivity index (χ2n) is 3.61. The van der Waals surface area contributed by atoms with Gasteiger partial charge < -0.3 is 5.32 Å². The first-order chi connectivity index (χ1) is 7.38. The highest BCUT2D eigenvalue weighted by atomic mass is 32.2. The maximum absolute atomic E-state index is 4.52. The molecular formula is C10H12N4S. The number of hydrogen-bond acceptors (Lipinski definition) is 4. The molecule has 0 spiro atoms. The topological polar surface area (TPSA) is 42.2 Å². The van der Waals surface area contributed by atoms with Crippen LogP contribution in [0.25, 0.3) is 5.65 Å². The summed E-state index contributed by atoms with van der Waals surface area (Å²) in [5.41, 5.74) is 3.33. The maximum atomic E-state index is 4.52. The van der Waals surface area contributed by atoms with Gasteiger partial charge in [-0.1, -0.05) is 0 Å². The van der Waals surface area contributed by atoms with Crippen LogP contribution >= 0.6 is 11.8 Å². The first-order valence-corrected chi connectivity index (χ1v) is 6.26. The molecule has 0 radical (unpaired) electrons. The van der Waals surface area contributed by atoms with Gasteiger partial charge in [0.15, 0.2) is 5.65 Å². The predicted molar refractivity (Wildman–Crippen MR) is 61.6 cm³/mol. The molecule has 1 aliphatic heterocycles. The molecule has 0 fully saturated rings. The van der Waals surface area contributed by atoms with E-state index in [0.29, 0.717) is 0 Å². The summed E-state index contributed by atoms with van der Waals surface area (Å²) in [4.78, 5) is 4.39. The normalized spacial score (nSPS) is 15.0. The third-order valence-corrected chi connectivity index (χ3v) is 3.29. The molecule has 0 aliphatic carbocycles. The molecule has 0 atom stereocenters. The summed E-state index contributed by atoms with van der Waals surface area (Å²) in [7, 11) is 0. The van der Waals surface area contributed by atoms with E-state index < -0.39 is 0 Å². The third-order valence-electron chi connectivity index (χ3n) is 2.68. The summed E-state index contributed by atoms with van der Waals surface area (Å²) >= 11 is 1.65. The molecule has 0 amide bonds. The standard InChI is InChI=1S/C10H12N4S/c1-15-10-5-9-12-6-7-8(14(9)13-10)3-2-4-11-7/h5-6,11H,2-4H2,1H3. The molecule has 2 aromatic rings. The van der Waals surface area contributed by atoms with Crippen LogP contribution in [0.15, 0.2) is 17.3 Å². The molecule has 78 valence electrons. The van der Waals surface area contributed by atoms with E-state index in [1.807, 2.05) is 23.0 Å². The fourth-order valence-electron chi connectivity index (χ4n) is 1.93. The first kappa shape index (κ1) is 9.03. The van der Waals surface area contributed by atoms with Crippen molar-refractivity contribution in [1.29, 1.82) is 0 Å². The van der Waals surface area contributed by atoms with E-state index in [1.54, 1.807) is 11.8 Å². The van der Waals surface area contributed by atoms with Crippen molar-refractivity contribution in [1.82, 2.24) is 14.6 Å². The predicted octanol–water partition coefficient (Wildman–Crippen LogP) is 1.81. The lowest BCUT2D eigenvalue weighted by Crippen LogP contribution is -2.16. The Labute approximate surface area is 92.1 Å². The van der Waals surface area contributed by atoms with Gasteiger partial charge in [0.1, 0.15) is 5.03 Å². The summed E-state index contributed by atoms with van der Waals surface area (Å²) in [5, 5.41) is 8.90. The summed E-state index contributed by atoms with van der Waals surface area (Å²) < 4.78 is 1.97. The van der Waals surface area contributed by atoms with Crippen molar-refractivity contribution in [3.8, 4) is 0 Å². The average Bonchev–Trinajstić information content (AvgIpc) is 2.72. The molecule has 0 unspecified atom stereocenters. The highest BCUT2D eigenvalue weighted by Crippen LogP contribution is 2.23. The van der Waals surface area contributed by atoms with E-state index in [9.17, 15) is 0 Å². The zero-order valence-corrected chi connectivity index (χ0v) is 9.34. The van der Waals surface area contributed by atoms with Crippen molar-refractivity contribution < 1.29 is 0 Å². The number of aryl methyl sites for hydroxylation is 1. The van der Waals surface area contributed by atoms with Crippen LogP contribution < -0.4 is 5.32 Å².